The zero-order chi connectivity index (χ0) is 13.5. The molecule has 1 saturated carbocycles. The van der Waals surface area contributed by atoms with E-state index in [1.54, 1.807) is 0 Å². The number of para-hydroxylation sites is 1. The van der Waals surface area contributed by atoms with Crippen LogP contribution in [-0.2, 0) is 12.4 Å². The Bertz CT molecular complexity index is 596. The Kier molecular flexibility index (Phi) is 3.52. The lowest BCUT2D eigenvalue weighted by atomic mass is 9.84. The molecule has 0 N–H and O–H groups in total. The van der Waals surface area contributed by atoms with Gasteiger partial charge in [-0.25, -0.2) is 4.98 Å². The van der Waals surface area contributed by atoms with Crippen molar-refractivity contribution in [3.05, 3.63) is 29.6 Å². The van der Waals surface area contributed by atoms with Crippen molar-refractivity contribution in [1.29, 1.82) is 0 Å². The average molecular weight is 295 g/mol. The fourth-order valence-corrected chi connectivity index (χ4v) is 4.13. The molecule has 1 aliphatic carbocycles. The van der Waals surface area contributed by atoms with Gasteiger partial charge in [-0.2, -0.15) is 11.8 Å². The van der Waals surface area contributed by atoms with Gasteiger partial charge >= 0.3 is 0 Å². The van der Waals surface area contributed by atoms with E-state index in [0.717, 1.165) is 17.9 Å². The van der Waals surface area contributed by atoms with E-state index in [4.69, 9.17) is 16.6 Å². The number of rotatable bonds is 4. The van der Waals surface area contributed by atoms with Gasteiger partial charge in [0, 0.05) is 11.3 Å². The fraction of sp³-hybridized carbons (Fsp3) is 0.533. The maximum absolute atomic E-state index is 6.10. The van der Waals surface area contributed by atoms with Gasteiger partial charge in [-0.1, -0.05) is 18.6 Å². The number of fused-ring (bicyclic) bond motifs is 1. The normalized spacial score (nSPS) is 17.6. The summed E-state index contributed by atoms with van der Waals surface area (Å²) in [5.41, 5.74) is 3.63. The lowest BCUT2D eigenvalue weighted by Crippen LogP contribution is -2.38. The maximum atomic E-state index is 6.10. The molecule has 19 heavy (non-hydrogen) atoms. The Hall–Kier alpha value is -0.670. The molecule has 2 nitrogen and oxygen atoms in total. The van der Waals surface area contributed by atoms with Crippen LogP contribution in [0.15, 0.2) is 18.2 Å². The molecule has 1 fully saturated rings. The number of hydrogen-bond donors (Lipinski definition) is 0. The predicted octanol–water partition coefficient (Wildman–Crippen LogP) is 4.37. The molecule has 0 aliphatic heterocycles. The number of halogens is 1. The Balaban J connectivity index is 2.10. The first-order valence-corrected chi connectivity index (χ1v) is 8.51. The first-order valence-electron chi connectivity index (χ1n) is 6.75. The van der Waals surface area contributed by atoms with Crippen LogP contribution in [0.25, 0.3) is 11.0 Å². The molecular weight excluding hydrogens is 276 g/mol. The van der Waals surface area contributed by atoms with Crippen LogP contribution in [-0.4, -0.2) is 20.6 Å². The van der Waals surface area contributed by atoms with Gasteiger partial charge in [-0.05, 0) is 37.7 Å². The molecule has 1 aliphatic rings. The molecule has 0 amide bonds. The van der Waals surface area contributed by atoms with Crippen LogP contribution < -0.4 is 0 Å². The van der Waals surface area contributed by atoms with Crippen LogP contribution in [0.2, 0.25) is 0 Å². The number of imidazole rings is 1. The smallest absolute Gasteiger partial charge is 0.124 e. The van der Waals surface area contributed by atoms with Crippen LogP contribution in [0.1, 0.15) is 30.7 Å². The summed E-state index contributed by atoms with van der Waals surface area (Å²) in [6.07, 6.45) is 6.19. The zero-order valence-electron chi connectivity index (χ0n) is 11.4. The van der Waals surface area contributed by atoms with Gasteiger partial charge < -0.3 is 4.57 Å². The highest BCUT2D eigenvalue weighted by molar-refractivity contribution is 8.00. The second-order valence-corrected chi connectivity index (χ2v) is 6.97. The lowest BCUT2D eigenvalue weighted by Gasteiger charge is -2.41. The van der Waals surface area contributed by atoms with Crippen LogP contribution in [0, 0.1) is 6.92 Å². The fourth-order valence-electron chi connectivity index (χ4n) is 2.97. The number of aryl methyl sites for hydroxylation is 1. The highest BCUT2D eigenvalue weighted by Gasteiger charge is 2.37. The van der Waals surface area contributed by atoms with E-state index in [1.165, 1.54) is 30.3 Å². The van der Waals surface area contributed by atoms with Gasteiger partial charge in [0.25, 0.3) is 0 Å². The van der Waals surface area contributed by atoms with Gasteiger partial charge in [0.05, 0.1) is 16.9 Å². The summed E-state index contributed by atoms with van der Waals surface area (Å²) in [4.78, 5) is 4.69. The van der Waals surface area contributed by atoms with Crippen LogP contribution in [0.4, 0.5) is 0 Å². The second kappa shape index (κ2) is 5.02. The van der Waals surface area contributed by atoms with E-state index < -0.39 is 0 Å². The monoisotopic (exact) mass is 294 g/mol. The summed E-state index contributed by atoms with van der Waals surface area (Å²) in [6, 6.07) is 6.31. The summed E-state index contributed by atoms with van der Waals surface area (Å²) in [6.45, 7) is 3.20. The predicted molar refractivity (Wildman–Crippen MR) is 84.1 cm³/mol. The van der Waals surface area contributed by atoms with Gasteiger partial charge in [-0.15, -0.1) is 11.6 Å². The molecule has 4 heteroatoms. The van der Waals surface area contributed by atoms with Gasteiger partial charge in [0.1, 0.15) is 5.82 Å². The molecule has 0 bridgehead atoms. The Morgan fingerprint density at radius 1 is 1.42 bits per heavy atom. The lowest BCUT2D eigenvalue weighted by molar-refractivity contribution is 0.322. The number of hydrogen-bond acceptors (Lipinski definition) is 2. The van der Waals surface area contributed by atoms with Crippen molar-refractivity contribution in [2.24, 2.45) is 0 Å². The van der Waals surface area contributed by atoms with Crippen molar-refractivity contribution in [2.45, 2.75) is 43.4 Å². The second-order valence-electron chi connectivity index (χ2n) is 5.43. The number of benzene rings is 1. The maximum Gasteiger partial charge on any atom is 0.124 e. The molecule has 1 heterocycles. The number of aromatic nitrogens is 2. The van der Waals surface area contributed by atoms with E-state index >= 15 is 0 Å². The number of thioether (sulfide) groups is 1. The molecule has 0 saturated heterocycles. The molecule has 0 spiro atoms. The molecule has 3 rings (SSSR count). The SMILES string of the molecule is CSC1(Cn2c(CCl)nc3cccc(C)c32)CCC1. The standard InChI is InChI=1S/C15H19ClN2S/c1-11-5-3-6-12-14(11)18(13(9-16)17-12)10-15(19-2)7-4-8-15/h3,5-6H,4,7-10H2,1-2H3. The summed E-state index contributed by atoms with van der Waals surface area (Å²) in [5, 5.41) is 0. The van der Waals surface area contributed by atoms with Crippen LogP contribution in [0.3, 0.4) is 0 Å². The molecule has 2 aromatic rings. The van der Waals surface area contributed by atoms with Crippen molar-refractivity contribution < 1.29 is 0 Å². The molecule has 1 aromatic carbocycles. The molecule has 1 aromatic heterocycles. The van der Waals surface area contributed by atoms with E-state index in [2.05, 4.69) is 35.9 Å². The van der Waals surface area contributed by atoms with E-state index in [1.807, 2.05) is 11.8 Å². The van der Waals surface area contributed by atoms with E-state index in [9.17, 15) is 0 Å². The van der Waals surface area contributed by atoms with Gasteiger partial charge in [0.15, 0.2) is 0 Å². The highest BCUT2D eigenvalue weighted by atomic mass is 35.5. The molecule has 0 unspecified atom stereocenters. The van der Waals surface area contributed by atoms with Gasteiger partial charge in [0.2, 0.25) is 0 Å². The first-order chi connectivity index (χ1) is 9.19. The minimum Gasteiger partial charge on any atom is -0.325 e. The Morgan fingerprint density at radius 2 is 2.21 bits per heavy atom. The van der Waals surface area contributed by atoms with E-state index in [-0.39, 0.29) is 0 Å². The van der Waals surface area contributed by atoms with Crippen molar-refractivity contribution in [3.8, 4) is 0 Å². The topological polar surface area (TPSA) is 17.8 Å². The summed E-state index contributed by atoms with van der Waals surface area (Å²) in [7, 11) is 0. The summed E-state index contributed by atoms with van der Waals surface area (Å²) >= 11 is 8.10. The van der Waals surface area contributed by atoms with Gasteiger partial charge in [-0.3, -0.25) is 0 Å². The number of alkyl halides is 1. The number of nitrogens with zero attached hydrogens (tertiary/aromatic N) is 2. The first kappa shape index (κ1) is 13.3. The molecule has 0 atom stereocenters. The zero-order valence-corrected chi connectivity index (χ0v) is 13.0. The van der Waals surface area contributed by atoms with Crippen molar-refractivity contribution in [3.63, 3.8) is 0 Å². The third-order valence-corrected chi connectivity index (χ3v) is 5.95. The Morgan fingerprint density at radius 3 is 2.79 bits per heavy atom. The van der Waals surface area contributed by atoms with Crippen LogP contribution >= 0.6 is 23.4 Å². The van der Waals surface area contributed by atoms with Crippen molar-refractivity contribution >= 4 is 34.4 Å². The molecule has 102 valence electrons. The molecule has 0 radical (unpaired) electrons. The largest absolute Gasteiger partial charge is 0.325 e. The Labute approximate surface area is 123 Å². The minimum absolute atomic E-state index is 0.400. The summed E-state index contributed by atoms with van der Waals surface area (Å²) in [5.74, 6) is 1.49. The third kappa shape index (κ3) is 2.17. The van der Waals surface area contributed by atoms with Crippen LogP contribution in [0.5, 0.6) is 0 Å². The third-order valence-electron chi connectivity index (χ3n) is 4.31. The van der Waals surface area contributed by atoms with Crippen molar-refractivity contribution in [2.75, 3.05) is 6.26 Å². The summed E-state index contributed by atoms with van der Waals surface area (Å²) < 4.78 is 2.75. The average Bonchev–Trinajstić information content (AvgIpc) is 2.73. The highest BCUT2D eigenvalue weighted by Crippen LogP contribution is 2.45. The minimum atomic E-state index is 0.400. The quantitative estimate of drug-likeness (QED) is 0.779. The molecular formula is C15H19ClN2S. The van der Waals surface area contributed by atoms with Crippen molar-refractivity contribution in [1.82, 2.24) is 9.55 Å². The van der Waals surface area contributed by atoms with E-state index in [0.29, 0.717) is 10.6 Å².